The zero-order chi connectivity index (χ0) is 42.0. The fourth-order valence-corrected chi connectivity index (χ4v) is 8.76. The van der Waals surface area contributed by atoms with Crippen molar-refractivity contribution < 1.29 is 4.42 Å². The molecule has 0 saturated heterocycles. The van der Waals surface area contributed by atoms with Crippen molar-refractivity contribution in [1.82, 2.24) is 0 Å². The van der Waals surface area contributed by atoms with Crippen LogP contribution in [0.3, 0.4) is 0 Å². The Bertz CT molecular complexity index is 3270. The summed E-state index contributed by atoms with van der Waals surface area (Å²) >= 11 is 0. The van der Waals surface area contributed by atoms with Gasteiger partial charge in [-0.05, 0) is 123 Å². The second-order valence-corrected chi connectivity index (χ2v) is 15.8. The van der Waals surface area contributed by atoms with E-state index in [1.165, 1.54) is 27.8 Å². The zero-order valence-corrected chi connectivity index (χ0v) is 34.6. The van der Waals surface area contributed by atoms with Crippen molar-refractivity contribution in [2.75, 3.05) is 9.80 Å². The number of fused-ring (bicyclic) bond motifs is 3. The molecule has 0 N–H and O–H groups in total. The molecule has 10 aromatic carbocycles. The third-order valence-electron chi connectivity index (χ3n) is 11.8. The molecule has 0 saturated carbocycles. The van der Waals surface area contributed by atoms with Gasteiger partial charge in [-0.1, -0.05) is 170 Å². The van der Waals surface area contributed by atoms with E-state index in [1.807, 2.05) is 12.1 Å². The second kappa shape index (κ2) is 16.6. The highest BCUT2D eigenvalue weighted by molar-refractivity contribution is 6.06. The average Bonchev–Trinajstić information content (AvgIpc) is 3.74. The van der Waals surface area contributed by atoms with Gasteiger partial charge in [0.1, 0.15) is 11.2 Å². The van der Waals surface area contributed by atoms with Crippen LogP contribution in [0.15, 0.2) is 259 Å². The number of hydrogen-bond acceptors (Lipinski definition) is 3. The third-order valence-corrected chi connectivity index (χ3v) is 11.8. The fraction of sp³-hybridized carbons (Fsp3) is 0. The zero-order valence-electron chi connectivity index (χ0n) is 34.6. The predicted molar refractivity (Wildman–Crippen MR) is 265 cm³/mol. The van der Waals surface area contributed by atoms with Gasteiger partial charge in [0.05, 0.1) is 0 Å². The van der Waals surface area contributed by atoms with Crippen molar-refractivity contribution in [3.63, 3.8) is 0 Å². The topological polar surface area (TPSA) is 19.6 Å². The Morgan fingerprint density at radius 2 is 0.508 bits per heavy atom. The summed E-state index contributed by atoms with van der Waals surface area (Å²) in [4.78, 5) is 4.71. The Balaban J connectivity index is 1.03. The van der Waals surface area contributed by atoms with Crippen molar-refractivity contribution in [1.29, 1.82) is 0 Å². The van der Waals surface area contributed by atoms with Gasteiger partial charge in [0.25, 0.3) is 0 Å². The maximum Gasteiger partial charge on any atom is 0.137 e. The molecule has 3 nitrogen and oxygen atoms in total. The smallest absolute Gasteiger partial charge is 0.137 e. The van der Waals surface area contributed by atoms with Crippen LogP contribution in [0.5, 0.6) is 0 Å². The SMILES string of the molecule is c1ccc(-c2cccc(N(c3cccc(-c4ccccc4)c3)c3cccc(-c4cccc(N(c5cccc(-c6ccccc6)c5)c5ccc6c(c5)oc5ccccc56)c4)c3)c2)cc1. The van der Waals surface area contributed by atoms with Crippen LogP contribution < -0.4 is 9.80 Å². The summed E-state index contributed by atoms with van der Waals surface area (Å²) in [7, 11) is 0. The second-order valence-electron chi connectivity index (χ2n) is 15.8. The first-order chi connectivity index (χ1) is 31.2. The Labute approximate surface area is 368 Å². The molecule has 0 unspecified atom stereocenters. The van der Waals surface area contributed by atoms with Crippen LogP contribution in [0.1, 0.15) is 0 Å². The maximum absolute atomic E-state index is 6.44. The summed E-state index contributed by atoms with van der Waals surface area (Å²) in [5.74, 6) is 0. The molecular weight excluding hydrogens is 765 g/mol. The molecule has 0 aliphatic rings. The van der Waals surface area contributed by atoms with E-state index in [2.05, 4.69) is 252 Å². The van der Waals surface area contributed by atoms with E-state index in [9.17, 15) is 0 Å². The van der Waals surface area contributed by atoms with Crippen molar-refractivity contribution in [2.45, 2.75) is 0 Å². The summed E-state index contributed by atoms with van der Waals surface area (Å²) in [5, 5.41) is 2.22. The lowest BCUT2D eigenvalue weighted by Crippen LogP contribution is -2.11. The van der Waals surface area contributed by atoms with Gasteiger partial charge in [0, 0.05) is 51.0 Å². The molecular formula is C60H42N2O. The lowest BCUT2D eigenvalue weighted by Gasteiger charge is -2.28. The minimum atomic E-state index is 0.856. The van der Waals surface area contributed by atoms with Gasteiger partial charge >= 0.3 is 0 Å². The highest BCUT2D eigenvalue weighted by Gasteiger charge is 2.19. The van der Waals surface area contributed by atoms with Gasteiger partial charge in [0.2, 0.25) is 0 Å². The molecule has 11 aromatic rings. The number of nitrogens with zero attached hydrogens (tertiary/aromatic N) is 2. The summed E-state index contributed by atoms with van der Waals surface area (Å²) in [5.41, 5.74) is 17.3. The Morgan fingerprint density at radius 3 is 0.905 bits per heavy atom. The van der Waals surface area contributed by atoms with Crippen molar-refractivity contribution in [3.8, 4) is 44.5 Å². The molecule has 1 aromatic heterocycles. The molecule has 0 atom stereocenters. The molecule has 0 amide bonds. The summed E-state index contributed by atoms with van der Waals surface area (Å²) in [6, 6.07) is 90.8. The number of rotatable bonds is 10. The van der Waals surface area contributed by atoms with E-state index in [4.69, 9.17) is 4.42 Å². The average molecular weight is 807 g/mol. The Morgan fingerprint density at radius 1 is 0.206 bits per heavy atom. The van der Waals surface area contributed by atoms with Gasteiger partial charge in [-0.2, -0.15) is 0 Å². The minimum Gasteiger partial charge on any atom is -0.456 e. The number of para-hydroxylation sites is 1. The molecule has 0 aliphatic heterocycles. The fourth-order valence-electron chi connectivity index (χ4n) is 8.76. The number of benzene rings is 10. The monoisotopic (exact) mass is 806 g/mol. The van der Waals surface area contributed by atoms with Crippen LogP contribution in [0, 0.1) is 0 Å². The lowest BCUT2D eigenvalue weighted by molar-refractivity contribution is 0.669. The van der Waals surface area contributed by atoms with Crippen LogP contribution in [0.25, 0.3) is 66.4 Å². The molecule has 11 rings (SSSR count). The molecule has 298 valence electrons. The van der Waals surface area contributed by atoms with E-state index >= 15 is 0 Å². The predicted octanol–water partition coefficient (Wildman–Crippen LogP) is 17.2. The molecule has 63 heavy (non-hydrogen) atoms. The molecule has 3 heteroatoms. The summed E-state index contributed by atoms with van der Waals surface area (Å²) in [6.45, 7) is 0. The largest absolute Gasteiger partial charge is 0.456 e. The van der Waals surface area contributed by atoms with E-state index in [0.29, 0.717) is 0 Å². The van der Waals surface area contributed by atoms with Crippen LogP contribution >= 0.6 is 0 Å². The van der Waals surface area contributed by atoms with Gasteiger partial charge < -0.3 is 14.2 Å². The first-order valence-electron chi connectivity index (χ1n) is 21.4. The lowest BCUT2D eigenvalue weighted by atomic mass is 10.0. The van der Waals surface area contributed by atoms with Gasteiger partial charge in [0.15, 0.2) is 0 Å². The van der Waals surface area contributed by atoms with Gasteiger partial charge in [-0.3, -0.25) is 0 Å². The number of anilines is 6. The quantitative estimate of drug-likeness (QED) is 0.137. The standard InChI is InChI=1S/C60H42N2O/c1-4-17-43(18-5-1)46-23-12-28-51(37-46)61(52-29-13-24-47(38-52)44-19-6-2-7-20-44)54-31-15-26-49(40-54)50-27-16-32-55(41-50)62(53-30-14-25-48(39-53)45-21-8-3-9-22-45)56-35-36-58-57-33-10-11-34-59(57)63-60(58)42-56/h1-42H. The normalized spacial score (nSPS) is 11.2. The van der Waals surface area contributed by atoms with E-state index in [-0.39, 0.29) is 0 Å². The first-order valence-corrected chi connectivity index (χ1v) is 21.4. The molecule has 0 fully saturated rings. The third kappa shape index (κ3) is 7.54. The molecule has 0 aliphatic carbocycles. The van der Waals surface area contributed by atoms with Crippen molar-refractivity contribution >= 4 is 56.1 Å². The van der Waals surface area contributed by atoms with Crippen LogP contribution in [0.2, 0.25) is 0 Å². The summed E-state index contributed by atoms with van der Waals surface area (Å²) in [6.07, 6.45) is 0. The minimum absolute atomic E-state index is 0.856. The maximum atomic E-state index is 6.44. The van der Waals surface area contributed by atoms with Crippen molar-refractivity contribution in [3.05, 3.63) is 255 Å². The van der Waals surface area contributed by atoms with E-state index in [1.54, 1.807) is 0 Å². The molecule has 0 spiro atoms. The Kier molecular flexibility index (Phi) is 9.89. The van der Waals surface area contributed by atoms with E-state index in [0.717, 1.165) is 72.8 Å². The van der Waals surface area contributed by atoms with Crippen molar-refractivity contribution in [2.24, 2.45) is 0 Å². The van der Waals surface area contributed by atoms with E-state index < -0.39 is 0 Å². The number of furan rings is 1. The highest BCUT2D eigenvalue weighted by atomic mass is 16.3. The molecule has 0 radical (unpaired) electrons. The van der Waals surface area contributed by atoms with Gasteiger partial charge in [-0.15, -0.1) is 0 Å². The van der Waals surface area contributed by atoms with Crippen LogP contribution in [-0.2, 0) is 0 Å². The Hall–Kier alpha value is -8.40. The first kappa shape index (κ1) is 37.6. The summed E-state index contributed by atoms with van der Waals surface area (Å²) < 4.78 is 6.44. The van der Waals surface area contributed by atoms with Gasteiger partial charge in [-0.25, -0.2) is 0 Å². The van der Waals surface area contributed by atoms with Crippen LogP contribution in [-0.4, -0.2) is 0 Å². The number of hydrogen-bond donors (Lipinski definition) is 0. The molecule has 1 heterocycles. The van der Waals surface area contributed by atoms with Crippen LogP contribution in [0.4, 0.5) is 34.1 Å². The molecule has 0 bridgehead atoms. The highest BCUT2D eigenvalue weighted by Crippen LogP contribution is 2.43.